The van der Waals surface area contributed by atoms with Crippen LogP contribution >= 0.6 is 23.2 Å². The van der Waals surface area contributed by atoms with E-state index in [9.17, 15) is 14.0 Å². The molecule has 1 aliphatic rings. The van der Waals surface area contributed by atoms with E-state index >= 15 is 0 Å². The summed E-state index contributed by atoms with van der Waals surface area (Å²) in [5, 5.41) is 3.86. The highest BCUT2D eigenvalue weighted by Gasteiger charge is 2.47. The average Bonchev–Trinajstić information content (AvgIpc) is 3.05. The zero-order chi connectivity index (χ0) is 22.0. The summed E-state index contributed by atoms with van der Waals surface area (Å²) in [4.78, 5) is 25.6. The Hall–Kier alpha value is -3.22. The molecule has 2 N–H and O–H groups in total. The highest BCUT2D eigenvalue weighted by molar-refractivity contribution is 6.30. The number of carbonyl (C=O) groups excluding carboxylic acids is 2. The van der Waals surface area contributed by atoms with E-state index in [1.165, 1.54) is 12.1 Å². The van der Waals surface area contributed by atoms with Gasteiger partial charge in [0.15, 0.2) is 6.04 Å². The molecule has 1 saturated heterocycles. The van der Waals surface area contributed by atoms with E-state index in [1.807, 2.05) is 0 Å². The summed E-state index contributed by atoms with van der Waals surface area (Å²) in [6.45, 7) is 0. The first-order chi connectivity index (χ1) is 14.9. The molecule has 2 atom stereocenters. The van der Waals surface area contributed by atoms with Crippen LogP contribution in [-0.2, 0) is 4.79 Å². The molecule has 1 aliphatic heterocycles. The van der Waals surface area contributed by atoms with Crippen LogP contribution in [0, 0.1) is 5.82 Å². The molecule has 4 rings (SSSR count). The van der Waals surface area contributed by atoms with Crippen molar-refractivity contribution < 1.29 is 18.7 Å². The molecule has 8 heteroatoms. The van der Waals surface area contributed by atoms with Gasteiger partial charge in [0.2, 0.25) is 12.3 Å². The lowest BCUT2D eigenvalue weighted by molar-refractivity contribution is -0.596. The SMILES string of the molecule is O=C(N[C@H]1C(=O)N/[N+](=C\c2ccc(F)cc2)[C@@H]1c1ccc(Cl)cc1)c1ccc(Cl)cc1. The van der Waals surface area contributed by atoms with E-state index in [4.69, 9.17) is 23.2 Å². The van der Waals surface area contributed by atoms with Crippen molar-refractivity contribution in [2.75, 3.05) is 0 Å². The summed E-state index contributed by atoms with van der Waals surface area (Å²) in [5.74, 6) is -1.13. The number of hydrazone groups is 1. The molecule has 3 aromatic carbocycles. The molecule has 1 fully saturated rings. The standard InChI is InChI=1S/C23H16Cl2FN3O2/c24-17-7-3-15(4-8-17)21-20(27-22(30)16-5-9-18(25)10-6-16)23(31)28-29(21)13-14-1-11-19(26)12-2-14/h1-13,20-21H,(H-,27,28,30,31)/p+1/b29-13-/t20-,21-/m1/s1. The van der Waals surface area contributed by atoms with E-state index in [1.54, 1.807) is 71.6 Å². The summed E-state index contributed by atoms with van der Waals surface area (Å²) in [6.07, 6.45) is 1.69. The number of hydrazine groups is 1. The third-order valence-electron chi connectivity index (χ3n) is 4.90. The first-order valence-electron chi connectivity index (χ1n) is 9.42. The average molecular weight is 457 g/mol. The van der Waals surface area contributed by atoms with Crippen LogP contribution in [0.2, 0.25) is 10.0 Å². The number of nitrogens with zero attached hydrogens (tertiary/aromatic N) is 1. The van der Waals surface area contributed by atoms with E-state index in [0.29, 0.717) is 21.2 Å². The van der Waals surface area contributed by atoms with E-state index in [-0.39, 0.29) is 11.7 Å². The molecule has 0 radical (unpaired) electrons. The fourth-order valence-corrected chi connectivity index (χ4v) is 3.63. The maximum Gasteiger partial charge on any atom is 0.304 e. The summed E-state index contributed by atoms with van der Waals surface area (Å²) >= 11 is 11.9. The maximum atomic E-state index is 13.3. The summed E-state index contributed by atoms with van der Waals surface area (Å²) in [5.41, 5.74) is 4.61. The normalized spacial score (nSPS) is 19.3. The van der Waals surface area contributed by atoms with Crippen LogP contribution < -0.4 is 10.7 Å². The fourth-order valence-electron chi connectivity index (χ4n) is 3.38. The predicted molar refractivity (Wildman–Crippen MR) is 117 cm³/mol. The molecule has 0 aromatic heterocycles. The third kappa shape index (κ3) is 4.76. The van der Waals surface area contributed by atoms with Gasteiger partial charge in [0.05, 0.1) is 0 Å². The smallest absolute Gasteiger partial charge is 0.304 e. The molecule has 1 heterocycles. The highest BCUT2D eigenvalue weighted by atomic mass is 35.5. The third-order valence-corrected chi connectivity index (χ3v) is 5.40. The van der Waals surface area contributed by atoms with Gasteiger partial charge in [-0.25, -0.2) is 4.39 Å². The van der Waals surface area contributed by atoms with Gasteiger partial charge in [0.25, 0.3) is 5.91 Å². The number of benzene rings is 3. The number of rotatable bonds is 4. The Bertz CT molecular complexity index is 1150. The van der Waals surface area contributed by atoms with Crippen molar-refractivity contribution in [3.05, 3.63) is 105 Å². The second-order valence-corrected chi connectivity index (χ2v) is 7.89. The van der Waals surface area contributed by atoms with E-state index in [0.717, 1.165) is 5.56 Å². The summed E-state index contributed by atoms with van der Waals surface area (Å²) in [7, 11) is 0. The Morgan fingerprint density at radius 3 is 2.13 bits per heavy atom. The molecule has 0 bridgehead atoms. The fraction of sp³-hybridized carbons (Fsp3) is 0.0870. The van der Waals surface area contributed by atoms with Crippen molar-refractivity contribution in [2.45, 2.75) is 12.1 Å². The van der Waals surface area contributed by atoms with Crippen LogP contribution in [0.1, 0.15) is 27.5 Å². The molecule has 5 nitrogen and oxygen atoms in total. The molecule has 31 heavy (non-hydrogen) atoms. The Morgan fingerprint density at radius 2 is 1.52 bits per heavy atom. The number of halogens is 3. The van der Waals surface area contributed by atoms with Crippen LogP contribution in [0.4, 0.5) is 4.39 Å². The minimum absolute atomic E-state index is 0.357. The van der Waals surface area contributed by atoms with Gasteiger partial charge in [-0.05, 0) is 60.7 Å². The lowest BCUT2D eigenvalue weighted by atomic mass is 10.00. The summed E-state index contributed by atoms with van der Waals surface area (Å²) < 4.78 is 14.9. The Labute approximate surface area is 188 Å². The minimum Gasteiger partial charge on any atom is -0.334 e. The number of nitrogens with one attached hydrogen (secondary N) is 2. The van der Waals surface area contributed by atoms with Crippen LogP contribution in [0.3, 0.4) is 0 Å². The zero-order valence-corrected chi connectivity index (χ0v) is 17.6. The number of amides is 2. The molecular formula is C23H17Cl2FN3O2+. The van der Waals surface area contributed by atoms with Crippen LogP contribution in [0.15, 0.2) is 72.8 Å². The number of hydrogen-bond donors (Lipinski definition) is 2. The highest BCUT2D eigenvalue weighted by Crippen LogP contribution is 2.27. The molecule has 3 aromatic rings. The van der Waals surface area contributed by atoms with E-state index in [2.05, 4.69) is 10.7 Å². The first-order valence-corrected chi connectivity index (χ1v) is 10.2. The Balaban J connectivity index is 1.69. The molecule has 2 amide bonds. The molecule has 0 saturated carbocycles. The topological polar surface area (TPSA) is 61.2 Å². The van der Waals surface area contributed by atoms with Gasteiger partial charge in [0, 0.05) is 26.7 Å². The Morgan fingerprint density at radius 1 is 0.935 bits per heavy atom. The minimum atomic E-state index is -0.874. The van der Waals surface area contributed by atoms with E-state index < -0.39 is 18.0 Å². The quantitative estimate of drug-likeness (QED) is 0.579. The van der Waals surface area contributed by atoms with Crippen molar-refractivity contribution in [3.63, 3.8) is 0 Å². The van der Waals surface area contributed by atoms with Crippen molar-refractivity contribution in [1.82, 2.24) is 10.7 Å². The van der Waals surface area contributed by atoms with Crippen molar-refractivity contribution in [3.8, 4) is 0 Å². The molecular weight excluding hydrogens is 440 g/mol. The lowest BCUT2D eigenvalue weighted by Gasteiger charge is -2.15. The van der Waals surface area contributed by atoms with Gasteiger partial charge in [-0.3, -0.25) is 9.59 Å². The predicted octanol–water partition coefficient (Wildman–Crippen LogP) is 4.15. The van der Waals surface area contributed by atoms with Gasteiger partial charge in [-0.2, -0.15) is 0 Å². The van der Waals surface area contributed by atoms with Crippen molar-refractivity contribution in [1.29, 1.82) is 0 Å². The zero-order valence-electron chi connectivity index (χ0n) is 16.1. The maximum absolute atomic E-state index is 13.3. The Kier molecular flexibility index (Phi) is 6.02. The van der Waals surface area contributed by atoms with Crippen LogP contribution in [0.5, 0.6) is 0 Å². The summed E-state index contributed by atoms with van der Waals surface area (Å²) in [6, 6.07) is 17.8. The molecule has 0 unspecified atom stereocenters. The van der Waals surface area contributed by atoms with Crippen LogP contribution in [0.25, 0.3) is 0 Å². The molecule has 156 valence electrons. The lowest BCUT2D eigenvalue weighted by Crippen LogP contribution is -2.42. The van der Waals surface area contributed by atoms with Gasteiger partial charge >= 0.3 is 5.91 Å². The molecule has 0 aliphatic carbocycles. The monoisotopic (exact) mass is 456 g/mol. The van der Waals surface area contributed by atoms with Gasteiger partial charge < -0.3 is 5.32 Å². The van der Waals surface area contributed by atoms with Gasteiger partial charge in [-0.15, -0.1) is 10.1 Å². The van der Waals surface area contributed by atoms with Crippen molar-refractivity contribution >= 4 is 41.2 Å². The largest absolute Gasteiger partial charge is 0.334 e. The van der Waals surface area contributed by atoms with Crippen molar-refractivity contribution in [2.24, 2.45) is 0 Å². The number of carbonyl (C=O) groups is 2. The number of hydrogen-bond acceptors (Lipinski definition) is 2. The van der Waals surface area contributed by atoms with Crippen LogP contribution in [-0.4, -0.2) is 28.8 Å². The molecule has 0 spiro atoms. The second kappa shape index (κ2) is 8.88. The van der Waals surface area contributed by atoms with Gasteiger partial charge in [0.1, 0.15) is 5.82 Å². The second-order valence-electron chi connectivity index (χ2n) is 7.02. The van der Waals surface area contributed by atoms with Gasteiger partial charge in [-0.1, -0.05) is 35.3 Å². The first kappa shape index (κ1) is 21.0.